The van der Waals surface area contributed by atoms with Crippen LogP contribution in [-0.4, -0.2) is 5.91 Å². The Hall–Kier alpha value is -2.13. The zero-order chi connectivity index (χ0) is 15.2. The Balaban J connectivity index is 1.90. The van der Waals surface area contributed by atoms with E-state index in [4.69, 9.17) is 0 Å². The van der Waals surface area contributed by atoms with E-state index in [1.54, 1.807) is 0 Å². The molecule has 2 aromatic rings. The van der Waals surface area contributed by atoms with Crippen LogP contribution in [0.4, 0.5) is 5.69 Å². The molecule has 110 valence electrons. The summed E-state index contributed by atoms with van der Waals surface area (Å²) in [5.41, 5.74) is 4.59. The van der Waals surface area contributed by atoms with Crippen LogP contribution in [0, 0.1) is 6.92 Å². The highest BCUT2D eigenvalue weighted by Crippen LogP contribution is 2.15. The average molecular weight is 282 g/mol. The number of hydrogen-bond donors (Lipinski definition) is 2. The summed E-state index contributed by atoms with van der Waals surface area (Å²) in [5.74, 6) is -0.0473. The van der Waals surface area contributed by atoms with Gasteiger partial charge in [-0.25, -0.2) is 0 Å². The van der Waals surface area contributed by atoms with Crippen LogP contribution in [0.25, 0.3) is 0 Å². The van der Waals surface area contributed by atoms with Crippen LogP contribution < -0.4 is 10.6 Å². The van der Waals surface area contributed by atoms with Crippen molar-refractivity contribution in [3.63, 3.8) is 0 Å². The van der Waals surface area contributed by atoms with E-state index in [1.807, 2.05) is 24.3 Å². The van der Waals surface area contributed by atoms with Crippen molar-refractivity contribution in [1.82, 2.24) is 5.32 Å². The summed E-state index contributed by atoms with van der Waals surface area (Å²) in [6.07, 6.45) is 0. The first kappa shape index (κ1) is 15.3. The van der Waals surface area contributed by atoms with Crippen molar-refractivity contribution in [2.24, 2.45) is 0 Å². The highest BCUT2D eigenvalue weighted by Gasteiger charge is 2.04. The molecule has 0 aliphatic rings. The van der Waals surface area contributed by atoms with Crippen molar-refractivity contribution >= 4 is 11.6 Å². The minimum absolute atomic E-state index is 0.0473. The highest BCUT2D eigenvalue weighted by atomic mass is 16.1. The summed E-state index contributed by atoms with van der Waals surface area (Å²) in [6.45, 7) is 6.57. The minimum atomic E-state index is -0.0473. The molecule has 2 N–H and O–H groups in total. The summed E-state index contributed by atoms with van der Waals surface area (Å²) in [4.78, 5) is 11.0. The quantitative estimate of drug-likeness (QED) is 0.875. The number of carbonyl (C=O) groups is 1. The molecule has 0 saturated heterocycles. The van der Waals surface area contributed by atoms with Gasteiger partial charge in [-0.2, -0.15) is 0 Å². The standard InChI is InChI=1S/C18H22N2O/c1-13-4-8-17(9-5-13)14(2)19-12-16-6-10-18(11-7-16)20-15(3)21/h4-11,14,19H,12H2,1-3H3,(H,20,21). The van der Waals surface area contributed by atoms with Gasteiger partial charge in [-0.05, 0) is 37.1 Å². The van der Waals surface area contributed by atoms with Gasteiger partial charge >= 0.3 is 0 Å². The Labute approximate surface area is 126 Å². The van der Waals surface area contributed by atoms with E-state index < -0.39 is 0 Å². The summed E-state index contributed by atoms with van der Waals surface area (Å²) in [6, 6.07) is 16.8. The van der Waals surface area contributed by atoms with Crippen LogP contribution in [0.15, 0.2) is 48.5 Å². The first-order valence-electron chi connectivity index (χ1n) is 7.21. The highest BCUT2D eigenvalue weighted by molar-refractivity contribution is 5.88. The van der Waals surface area contributed by atoms with Gasteiger partial charge in [0.25, 0.3) is 0 Å². The lowest BCUT2D eigenvalue weighted by molar-refractivity contribution is -0.114. The predicted molar refractivity (Wildman–Crippen MR) is 87.2 cm³/mol. The average Bonchev–Trinajstić information content (AvgIpc) is 2.46. The number of nitrogens with one attached hydrogen (secondary N) is 2. The fourth-order valence-electron chi connectivity index (χ4n) is 2.15. The van der Waals surface area contributed by atoms with Crippen molar-refractivity contribution in [2.75, 3.05) is 5.32 Å². The van der Waals surface area contributed by atoms with Crippen molar-refractivity contribution in [2.45, 2.75) is 33.4 Å². The molecule has 0 spiro atoms. The van der Waals surface area contributed by atoms with Crippen LogP contribution in [0.1, 0.15) is 36.6 Å². The number of aryl methyl sites for hydroxylation is 1. The number of amides is 1. The Morgan fingerprint density at radius 3 is 2.24 bits per heavy atom. The van der Waals surface area contributed by atoms with Crippen molar-refractivity contribution in [3.05, 3.63) is 65.2 Å². The third-order valence-electron chi connectivity index (χ3n) is 3.46. The van der Waals surface area contributed by atoms with E-state index >= 15 is 0 Å². The molecule has 1 atom stereocenters. The van der Waals surface area contributed by atoms with E-state index in [0.29, 0.717) is 6.04 Å². The summed E-state index contributed by atoms with van der Waals surface area (Å²) in [7, 11) is 0. The zero-order valence-corrected chi connectivity index (χ0v) is 12.8. The number of benzene rings is 2. The monoisotopic (exact) mass is 282 g/mol. The second-order valence-corrected chi connectivity index (χ2v) is 5.39. The number of hydrogen-bond acceptors (Lipinski definition) is 2. The fourth-order valence-corrected chi connectivity index (χ4v) is 2.15. The zero-order valence-electron chi connectivity index (χ0n) is 12.8. The van der Waals surface area contributed by atoms with E-state index in [0.717, 1.165) is 12.2 Å². The Kier molecular flexibility index (Phi) is 5.12. The SMILES string of the molecule is CC(=O)Nc1ccc(CNC(C)c2ccc(C)cc2)cc1. The van der Waals surface area contributed by atoms with Gasteiger partial charge in [-0.1, -0.05) is 42.0 Å². The Morgan fingerprint density at radius 1 is 1.05 bits per heavy atom. The molecule has 0 aliphatic carbocycles. The molecule has 2 aromatic carbocycles. The van der Waals surface area contributed by atoms with Gasteiger partial charge in [-0.15, -0.1) is 0 Å². The molecule has 0 saturated carbocycles. The molecule has 3 heteroatoms. The third kappa shape index (κ3) is 4.72. The van der Waals surface area contributed by atoms with Crippen LogP contribution in [0.3, 0.4) is 0 Å². The lowest BCUT2D eigenvalue weighted by Crippen LogP contribution is -2.18. The molecule has 0 aromatic heterocycles. The van der Waals surface area contributed by atoms with Crippen LogP contribution in [0.2, 0.25) is 0 Å². The topological polar surface area (TPSA) is 41.1 Å². The normalized spacial score (nSPS) is 12.0. The van der Waals surface area contributed by atoms with Crippen LogP contribution >= 0.6 is 0 Å². The first-order chi connectivity index (χ1) is 10.0. The number of carbonyl (C=O) groups excluding carboxylic acids is 1. The molecule has 21 heavy (non-hydrogen) atoms. The maximum absolute atomic E-state index is 11.0. The Morgan fingerprint density at radius 2 is 1.67 bits per heavy atom. The first-order valence-corrected chi connectivity index (χ1v) is 7.21. The van der Waals surface area contributed by atoms with Crippen LogP contribution in [0.5, 0.6) is 0 Å². The maximum atomic E-state index is 11.0. The molecule has 1 unspecified atom stereocenters. The minimum Gasteiger partial charge on any atom is -0.326 e. The molecular weight excluding hydrogens is 260 g/mol. The fraction of sp³-hybridized carbons (Fsp3) is 0.278. The third-order valence-corrected chi connectivity index (χ3v) is 3.46. The van der Waals surface area contributed by atoms with Crippen molar-refractivity contribution in [1.29, 1.82) is 0 Å². The molecule has 3 nitrogen and oxygen atoms in total. The smallest absolute Gasteiger partial charge is 0.221 e. The lowest BCUT2D eigenvalue weighted by Gasteiger charge is -2.15. The predicted octanol–water partition coefficient (Wildman–Crippen LogP) is 3.80. The molecule has 2 rings (SSSR count). The molecule has 0 bridgehead atoms. The van der Waals surface area contributed by atoms with Crippen LogP contribution in [-0.2, 0) is 11.3 Å². The van der Waals surface area contributed by atoms with Gasteiger partial charge in [0.2, 0.25) is 5.91 Å². The molecular formula is C18H22N2O. The molecule has 0 aliphatic heterocycles. The van der Waals surface area contributed by atoms with Gasteiger partial charge in [0.1, 0.15) is 0 Å². The van der Waals surface area contributed by atoms with E-state index in [1.165, 1.54) is 23.6 Å². The molecule has 0 heterocycles. The summed E-state index contributed by atoms with van der Waals surface area (Å²) in [5, 5.41) is 6.28. The van der Waals surface area contributed by atoms with Gasteiger partial charge in [-0.3, -0.25) is 4.79 Å². The van der Waals surface area contributed by atoms with Crippen molar-refractivity contribution < 1.29 is 4.79 Å². The second kappa shape index (κ2) is 7.04. The van der Waals surface area contributed by atoms with Crippen molar-refractivity contribution in [3.8, 4) is 0 Å². The largest absolute Gasteiger partial charge is 0.326 e. The van der Waals surface area contributed by atoms with Gasteiger partial charge in [0.15, 0.2) is 0 Å². The Bertz CT molecular complexity index is 588. The summed E-state index contributed by atoms with van der Waals surface area (Å²) < 4.78 is 0. The second-order valence-electron chi connectivity index (χ2n) is 5.39. The van der Waals surface area contributed by atoms with Gasteiger partial charge < -0.3 is 10.6 Å². The number of anilines is 1. The van der Waals surface area contributed by atoms with E-state index in [-0.39, 0.29) is 5.91 Å². The lowest BCUT2D eigenvalue weighted by atomic mass is 10.1. The van der Waals surface area contributed by atoms with E-state index in [9.17, 15) is 4.79 Å². The summed E-state index contributed by atoms with van der Waals surface area (Å²) >= 11 is 0. The maximum Gasteiger partial charge on any atom is 0.221 e. The van der Waals surface area contributed by atoms with Gasteiger partial charge in [0.05, 0.1) is 0 Å². The van der Waals surface area contributed by atoms with E-state index in [2.05, 4.69) is 48.7 Å². The molecule has 0 fully saturated rings. The van der Waals surface area contributed by atoms with Gasteiger partial charge in [0, 0.05) is 25.2 Å². The molecule has 0 radical (unpaired) electrons. The number of rotatable bonds is 5. The molecule has 1 amide bonds.